The second-order valence-corrected chi connectivity index (χ2v) is 7.23. The fourth-order valence-electron chi connectivity index (χ4n) is 4.08. The molecular formula is C24H21FN2O. The van der Waals surface area contributed by atoms with Gasteiger partial charge in [-0.2, -0.15) is 0 Å². The average Bonchev–Trinajstić information content (AvgIpc) is 2.95. The number of benzene rings is 3. The Bertz CT molecular complexity index is 1120. The first-order chi connectivity index (χ1) is 13.5. The van der Waals surface area contributed by atoms with Crippen molar-refractivity contribution in [3.63, 3.8) is 0 Å². The molecule has 0 spiro atoms. The van der Waals surface area contributed by atoms with E-state index in [0.29, 0.717) is 28.8 Å². The lowest BCUT2D eigenvalue weighted by atomic mass is 9.88. The molecule has 1 unspecified atom stereocenters. The molecular weight excluding hydrogens is 351 g/mol. The number of nitrogens with two attached hydrogens (primary N) is 2. The molecule has 28 heavy (non-hydrogen) atoms. The molecule has 1 aliphatic rings. The Hall–Kier alpha value is -3.40. The van der Waals surface area contributed by atoms with Gasteiger partial charge in [0, 0.05) is 28.3 Å². The summed E-state index contributed by atoms with van der Waals surface area (Å²) >= 11 is 0. The van der Waals surface area contributed by atoms with Crippen molar-refractivity contribution in [3.05, 3.63) is 106 Å². The van der Waals surface area contributed by atoms with Gasteiger partial charge in [0.1, 0.15) is 5.82 Å². The Kier molecular flexibility index (Phi) is 4.47. The molecule has 0 heterocycles. The highest BCUT2D eigenvalue weighted by Crippen LogP contribution is 2.47. The second kappa shape index (κ2) is 6.97. The molecule has 4 rings (SSSR count). The summed E-state index contributed by atoms with van der Waals surface area (Å²) in [6, 6.07) is 20.1. The van der Waals surface area contributed by atoms with Crippen LogP contribution in [0.25, 0.3) is 5.57 Å². The lowest BCUT2D eigenvalue weighted by Crippen LogP contribution is -2.19. The summed E-state index contributed by atoms with van der Waals surface area (Å²) in [5, 5.41) is 0. The van der Waals surface area contributed by atoms with E-state index in [9.17, 15) is 9.18 Å². The number of primary amides is 1. The molecule has 140 valence electrons. The number of halogens is 1. The van der Waals surface area contributed by atoms with Crippen molar-refractivity contribution in [1.29, 1.82) is 0 Å². The van der Waals surface area contributed by atoms with Gasteiger partial charge in [-0.1, -0.05) is 54.1 Å². The molecule has 0 bridgehead atoms. The molecule has 1 aliphatic carbocycles. The van der Waals surface area contributed by atoms with Crippen molar-refractivity contribution < 1.29 is 9.18 Å². The van der Waals surface area contributed by atoms with Crippen LogP contribution in [0.4, 0.5) is 10.1 Å². The third kappa shape index (κ3) is 3.07. The van der Waals surface area contributed by atoms with Crippen molar-refractivity contribution in [2.24, 2.45) is 5.73 Å². The van der Waals surface area contributed by atoms with E-state index in [-0.39, 0.29) is 11.7 Å². The van der Waals surface area contributed by atoms with Gasteiger partial charge in [-0.15, -0.1) is 0 Å². The van der Waals surface area contributed by atoms with E-state index in [1.165, 1.54) is 6.07 Å². The van der Waals surface area contributed by atoms with E-state index in [1.807, 2.05) is 49.4 Å². The van der Waals surface area contributed by atoms with E-state index < -0.39 is 5.91 Å². The summed E-state index contributed by atoms with van der Waals surface area (Å²) in [6.07, 6.45) is 0.567. The zero-order valence-electron chi connectivity index (χ0n) is 15.6. The molecule has 4 N–H and O–H groups in total. The molecule has 0 aliphatic heterocycles. The summed E-state index contributed by atoms with van der Waals surface area (Å²) in [6.45, 7) is 1.98. The largest absolute Gasteiger partial charge is 0.399 e. The summed E-state index contributed by atoms with van der Waals surface area (Å²) in [7, 11) is 0. The lowest BCUT2D eigenvalue weighted by molar-refractivity contribution is -0.114. The zero-order valence-corrected chi connectivity index (χ0v) is 15.6. The highest BCUT2D eigenvalue weighted by molar-refractivity contribution is 6.08. The molecule has 3 nitrogen and oxygen atoms in total. The van der Waals surface area contributed by atoms with Gasteiger partial charge in [-0.3, -0.25) is 4.79 Å². The first-order valence-corrected chi connectivity index (χ1v) is 9.20. The first-order valence-electron chi connectivity index (χ1n) is 9.20. The van der Waals surface area contributed by atoms with Gasteiger partial charge in [-0.25, -0.2) is 4.39 Å². The van der Waals surface area contributed by atoms with Crippen LogP contribution in [0.3, 0.4) is 0 Å². The number of anilines is 1. The molecule has 1 atom stereocenters. The molecule has 3 aromatic carbocycles. The number of hydrogen-bond acceptors (Lipinski definition) is 2. The van der Waals surface area contributed by atoms with Crippen LogP contribution in [0.2, 0.25) is 0 Å². The maximum absolute atomic E-state index is 14.7. The van der Waals surface area contributed by atoms with Crippen LogP contribution in [-0.2, 0) is 11.2 Å². The Morgan fingerprint density at radius 2 is 1.79 bits per heavy atom. The smallest absolute Gasteiger partial charge is 0.245 e. The van der Waals surface area contributed by atoms with Gasteiger partial charge >= 0.3 is 0 Å². The Labute approximate surface area is 163 Å². The number of hydrogen-bond donors (Lipinski definition) is 2. The monoisotopic (exact) mass is 372 g/mol. The number of carbonyl (C=O) groups excluding carboxylic acids is 1. The molecule has 0 radical (unpaired) electrons. The Morgan fingerprint density at radius 3 is 2.50 bits per heavy atom. The molecule has 3 aromatic rings. The molecule has 4 heteroatoms. The predicted molar refractivity (Wildman–Crippen MR) is 110 cm³/mol. The summed E-state index contributed by atoms with van der Waals surface area (Å²) in [5.74, 6) is -1.14. The van der Waals surface area contributed by atoms with Crippen LogP contribution in [-0.4, -0.2) is 5.91 Å². The van der Waals surface area contributed by atoms with Gasteiger partial charge in [-0.05, 0) is 48.2 Å². The standard InChI is InChI=1S/C24H21FN2O/c1-14-9-10-17-19(11-14)22(18-7-2-3-8-21(18)25)23(24(27)28)20(17)13-15-5-4-6-16(26)12-15/h2-12,20H,13,26H2,1H3,(H2,27,28). The summed E-state index contributed by atoms with van der Waals surface area (Å²) < 4.78 is 14.7. The topological polar surface area (TPSA) is 69.1 Å². The molecule has 1 amide bonds. The van der Waals surface area contributed by atoms with Crippen LogP contribution in [0.5, 0.6) is 0 Å². The van der Waals surface area contributed by atoms with Crippen molar-refractivity contribution in [2.45, 2.75) is 19.3 Å². The van der Waals surface area contributed by atoms with E-state index in [4.69, 9.17) is 11.5 Å². The van der Waals surface area contributed by atoms with Gasteiger partial charge in [0.25, 0.3) is 0 Å². The second-order valence-electron chi connectivity index (χ2n) is 7.23. The zero-order chi connectivity index (χ0) is 19.8. The summed E-state index contributed by atoms with van der Waals surface area (Å²) in [5.41, 5.74) is 17.8. The van der Waals surface area contributed by atoms with Crippen molar-refractivity contribution >= 4 is 17.2 Å². The van der Waals surface area contributed by atoms with E-state index in [0.717, 1.165) is 22.3 Å². The fraction of sp³-hybridized carbons (Fsp3) is 0.125. The molecule has 0 saturated carbocycles. The highest BCUT2D eigenvalue weighted by Gasteiger charge is 2.35. The normalized spacial score (nSPS) is 15.6. The number of nitrogen functional groups attached to an aromatic ring is 1. The molecule has 0 saturated heterocycles. The number of fused-ring (bicyclic) bond motifs is 1. The maximum atomic E-state index is 14.7. The van der Waals surface area contributed by atoms with E-state index in [2.05, 4.69) is 0 Å². The number of carbonyl (C=O) groups is 1. The van der Waals surface area contributed by atoms with Crippen LogP contribution in [0.1, 0.15) is 33.7 Å². The van der Waals surface area contributed by atoms with Crippen molar-refractivity contribution in [3.8, 4) is 0 Å². The average molecular weight is 372 g/mol. The van der Waals surface area contributed by atoms with E-state index in [1.54, 1.807) is 18.2 Å². The SMILES string of the molecule is Cc1ccc2c(c1)C(c1ccccc1F)=C(C(N)=O)C2Cc1cccc(N)c1. The van der Waals surface area contributed by atoms with Gasteiger partial charge < -0.3 is 11.5 Å². The minimum absolute atomic E-state index is 0.246. The minimum atomic E-state index is -0.527. The highest BCUT2D eigenvalue weighted by atomic mass is 19.1. The molecule has 0 aromatic heterocycles. The van der Waals surface area contributed by atoms with Gasteiger partial charge in [0.05, 0.1) is 0 Å². The number of amides is 1. The van der Waals surface area contributed by atoms with Crippen LogP contribution >= 0.6 is 0 Å². The van der Waals surface area contributed by atoms with Crippen molar-refractivity contribution in [1.82, 2.24) is 0 Å². The fourth-order valence-corrected chi connectivity index (χ4v) is 4.08. The quantitative estimate of drug-likeness (QED) is 0.669. The van der Waals surface area contributed by atoms with Crippen LogP contribution in [0.15, 0.2) is 72.3 Å². The number of aryl methyl sites for hydroxylation is 1. The third-order valence-corrected chi connectivity index (χ3v) is 5.27. The lowest BCUT2D eigenvalue weighted by Gasteiger charge is -2.16. The van der Waals surface area contributed by atoms with Gasteiger partial charge in [0.2, 0.25) is 5.91 Å². The summed E-state index contributed by atoms with van der Waals surface area (Å²) in [4.78, 5) is 12.5. The minimum Gasteiger partial charge on any atom is -0.399 e. The van der Waals surface area contributed by atoms with Gasteiger partial charge in [0.15, 0.2) is 0 Å². The van der Waals surface area contributed by atoms with Crippen LogP contribution < -0.4 is 11.5 Å². The van der Waals surface area contributed by atoms with E-state index >= 15 is 0 Å². The van der Waals surface area contributed by atoms with Crippen molar-refractivity contribution in [2.75, 3.05) is 5.73 Å². The maximum Gasteiger partial charge on any atom is 0.245 e. The molecule has 0 fully saturated rings. The Balaban J connectivity index is 1.95. The third-order valence-electron chi connectivity index (χ3n) is 5.27. The predicted octanol–water partition coefficient (Wildman–Crippen LogP) is 4.34. The first kappa shape index (κ1) is 18.0. The Morgan fingerprint density at radius 1 is 1.00 bits per heavy atom. The number of rotatable bonds is 4. The van der Waals surface area contributed by atoms with Crippen LogP contribution in [0, 0.1) is 12.7 Å².